The third kappa shape index (κ3) is 58.3. The van der Waals surface area contributed by atoms with Gasteiger partial charge in [-0.05, 0) is 0 Å². The summed E-state index contributed by atoms with van der Waals surface area (Å²) in [6.07, 6.45) is 0. The van der Waals surface area contributed by atoms with Gasteiger partial charge in [0.25, 0.3) is 0 Å². The Labute approximate surface area is 94.9 Å². The fourth-order valence-electron chi connectivity index (χ4n) is 0. The smallest absolute Gasteiger partial charge is 1.00 e. The van der Waals surface area contributed by atoms with E-state index in [-0.39, 0.29) is 71.5 Å². The monoisotopic (exact) mass is 164 g/mol. The van der Waals surface area contributed by atoms with E-state index in [4.69, 9.17) is 14.0 Å². The summed E-state index contributed by atoms with van der Waals surface area (Å²) in [7, 11) is -2.85. The predicted molar refractivity (Wildman–Crippen MR) is 0 cm³/mol. The second kappa shape index (κ2) is 15.8. The van der Waals surface area contributed by atoms with Crippen LogP contribution in [0.2, 0.25) is 0 Å². The Kier molecular flexibility index (Phi) is 51.2. The maximum Gasteiger partial charge on any atom is 1.00 e. The van der Waals surface area contributed by atoms with E-state index in [2.05, 4.69) is 0 Å². The number of halogens is 2. The van der Waals surface area contributed by atoms with E-state index in [0.29, 0.717) is 0 Å². The van der Waals surface area contributed by atoms with Crippen molar-refractivity contribution in [3.63, 3.8) is 0 Å². The van der Waals surface area contributed by atoms with Crippen LogP contribution in [0, 0.1) is 10.8 Å². The molecular weight excluding hydrogens is 165 g/mol. The molecule has 0 atom stereocenters. The van der Waals surface area contributed by atoms with E-state index in [0.717, 1.165) is 0 Å². The fraction of sp³-hybridized carbons (Fsp3) is 0. The van der Waals surface area contributed by atoms with Crippen molar-refractivity contribution in [1.82, 2.24) is 0 Å². The van der Waals surface area contributed by atoms with Crippen LogP contribution in [0.15, 0.2) is 0 Å². The van der Waals surface area contributed by atoms with Crippen LogP contribution in [-0.2, 0) is 0 Å². The molecule has 0 rings (SSSR count). The Bertz CT molecular complexity index is 15.7. The van der Waals surface area contributed by atoms with Crippen molar-refractivity contribution in [2.24, 2.45) is 0 Å². The minimum atomic E-state index is -2.85. The van der Waals surface area contributed by atoms with Crippen LogP contribution < -0.4 is 85.5 Å². The van der Waals surface area contributed by atoms with Crippen molar-refractivity contribution in [3.05, 3.63) is 0 Å². The van der Waals surface area contributed by atoms with Crippen molar-refractivity contribution < 1.29 is 96.3 Å². The standard InChI is InChI=1S/ClO3.ClH.2Na/c2-1(3)4;;;/h;1H;;/q-1;;2*+1/p-1. The molecule has 0 unspecified atom stereocenters. The number of hydrogen-bond donors (Lipinski definition) is 0. The average molecular weight is 165 g/mol. The first-order valence-corrected chi connectivity index (χ1v) is 1.39. The van der Waals surface area contributed by atoms with Gasteiger partial charge in [0.2, 0.25) is 0 Å². The van der Waals surface area contributed by atoms with Crippen LogP contribution in [-0.4, -0.2) is 0 Å². The predicted octanol–water partition coefficient (Wildman–Crippen LogP) is -12.6. The van der Waals surface area contributed by atoms with Crippen molar-refractivity contribution in [2.75, 3.05) is 0 Å². The fourth-order valence-corrected chi connectivity index (χ4v) is 0. The van der Waals surface area contributed by atoms with E-state index in [1.54, 1.807) is 0 Å². The quantitative estimate of drug-likeness (QED) is 0.334. The topological polar surface area (TPSA) is 69.2 Å². The molecule has 7 heavy (non-hydrogen) atoms. The molecule has 0 aliphatic rings. The summed E-state index contributed by atoms with van der Waals surface area (Å²) in [5.74, 6) is 0. The molecule has 34 valence electrons. The number of rotatable bonds is 0. The first kappa shape index (κ1) is 22.7. The van der Waals surface area contributed by atoms with Gasteiger partial charge in [0.05, 0.1) is 10.8 Å². The van der Waals surface area contributed by atoms with Crippen molar-refractivity contribution in [3.8, 4) is 0 Å². The van der Waals surface area contributed by atoms with Gasteiger partial charge in [-0.25, -0.2) is 0 Å². The summed E-state index contributed by atoms with van der Waals surface area (Å²) in [4.78, 5) is 0. The molecule has 0 aliphatic carbocycles. The first-order chi connectivity index (χ1) is 1.73. The van der Waals surface area contributed by atoms with Gasteiger partial charge in [0.15, 0.2) is 0 Å². The van der Waals surface area contributed by atoms with Gasteiger partial charge >= 0.3 is 59.1 Å². The normalized spacial score (nSPS) is 5.14. The van der Waals surface area contributed by atoms with Crippen LogP contribution in [0.4, 0.5) is 0 Å². The second-order valence-corrected chi connectivity index (χ2v) is 0.567. The summed E-state index contributed by atoms with van der Waals surface area (Å²) in [6.45, 7) is 0. The minimum absolute atomic E-state index is 0. The molecule has 3 nitrogen and oxygen atoms in total. The third-order valence-corrected chi connectivity index (χ3v) is 0. The third-order valence-electron chi connectivity index (χ3n) is 0. The van der Waals surface area contributed by atoms with Gasteiger partial charge in [-0.3, -0.25) is 0 Å². The summed E-state index contributed by atoms with van der Waals surface area (Å²) < 4.78 is 25.2. The maximum atomic E-state index is 8.41. The summed E-state index contributed by atoms with van der Waals surface area (Å²) in [5.41, 5.74) is 0. The van der Waals surface area contributed by atoms with Crippen LogP contribution in [0.1, 0.15) is 0 Å². The van der Waals surface area contributed by atoms with Crippen LogP contribution in [0.25, 0.3) is 0 Å². The van der Waals surface area contributed by atoms with Crippen LogP contribution in [0.5, 0.6) is 0 Å². The minimum Gasteiger partial charge on any atom is -1.00 e. The van der Waals surface area contributed by atoms with Gasteiger partial charge in [-0.2, -0.15) is 0 Å². The molecule has 7 heteroatoms. The zero-order valence-electron chi connectivity index (χ0n) is 3.98. The van der Waals surface area contributed by atoms with Gasteiger partial charge in [-0.15, -0.1) is 0 Å². The van der Waals surface area contributed by atoms with Gasteiger partial charge in [-0.1, -0.05) is 0 Å². The SMILES string of the molecule is [Cl-].[Na+].[Na+].[O-][Cl+2]([O-])[O-]. The molecule has 0 radical (unpaired) electrons. The molecule has 0 saturated heterocycles. The zero-order valence-corrected chi connectivity index (χ0v) is 9.49. The molecule has 0 aromatic heterocycles. The molecule has 0 aliphatic heterocycles. The molecule has 0 amide bonds. The first-order valence-electron chi connectivity index (χ1n) is 0.463. The van der Waals surface area contributed by atoms with Gasteiger partial charge < -0.3 is 26.4 Å². The van der Waals surface area contributed by atoms with E-state index in [9.17, 15) is 0 Å². The van der Waals surface area contributed by atoms with Crippen molar-refractivity contribution in [1.29, 1.82) is 0 Å². The molecule has 0 N–H and O–H groups in total. The second-order valence-electron chi connectivity index (χ2n) is 0.189. The molecule has 0 saturated carbocycles. The maximum absolute atomic E-state index is 8.41. The summed E-state index contributed by atoms with van der Waals surface area (Å²) >= 11 is 0. The Morgan fingerprint density at radius 2 is 0.857 bits per heavy atom. The van der Waals surface area contributed by atoms with Gasteiger partial charge in [0, 0.05) is 0 Å². The van der Waals surface area contributed by atoms with Crippen molar-refractivity contribution in [2.45, 2.75) is 0 Å². The Morgan fingerprint density at radius 3 is 0.857 bits per heavy atom. The molecule has 0 aromatic rings. The molecule has 0 heterocycles. The average Bonchev–Trinajstić information content (AvgIpc) is 0.811. The summed E-state index contributed by atoms with van der Waals surface area (Å²) in [5, 5.41) is 0. The number of hydrogen-bond acceptors (Lipinski definition) is 3. The molecule has 0 aromatic carbocycles. The van der Waals surface area contributed by atoms with Crippen LogP contribution >= 0.6 is 0 Å². The van der Waals surface area contributed by atoms with Crippen molar-refractivity contribution >= 4 is 0 Å². The van der Waals surface area contributed by atoms with E-state index in [1.807, 2.05) is 0 Å². The molecule has 0 spiro atoms. The summed E-state index contributed by atoms with van der Waals surface area (Å²) in [6, 6.07) is 0. The van der Waals surface area contributed by atoms with E-state index < -0.39 is 10.8 Å². The Balaban J connectivity index is -0.0000000150. The molecular formula is Cl2Na2O3. The van der Waals surface area contributed by atoms with Crippen LogP contribution in [0.3, 0.4) is 0 Å². The largest absolute Gasteiger partial charge is 1.00 e. The molecule has 0 bridgehead atoms. The van der Waals surface area contributed by atoms with E-state index >= 15 is 0 Å². The van der Waals surface area contributed by atoms with Gasteiger partial charge in [0.1, 0.15) is 0 Å². The molecule has 0 fully saturated rings. The Morgan fingerprint density at radius 1 is 0.857 bits per heavy atom. The Hall–Kier alpha value is 2.46. The van der Waals surface area contributed by atoms with E-state index in [1.165, 1.54) is 0 Å². The zero-order chi connectivity index (χ0) is 3.58.